The van der Waals surface area contributed by atoms with Crippen molar-refractivity contribution in [3.05, 3.63) is 78.4 Å². The molecule has 0 aliphatic heterocycles. The van der Waals surface area contributed by atoms with Crippen molar-refractivity contribution in [3.63, 3.8) is 0 Å². The van der Waals surface area contributed by atoms with Crippen LogP contribution in [0.25, 0.3) is 22.3 Å². The highest BCUT2D eigenvalue weighted by atomic mass is 16.6. The van der Waals surface area contributed by atoms with Crippen LogP contribution < -0.4 is 5.32 Å². The molecule has 28 heavy (non-hydrogen) atoms. The van der Waals surface area contributed by atoms with Crippen LogP contribution in [0.2, 0.25) is 0 Å². The Morgan fingerprint density at radius 1 is 0.821 bits per heavy atom. The number of anilines is 1. The number of hydrogen-bond acceptors (Lipinski definition) is 3. The summed E-state index contributed by atoms with van der Waals surface area (Å²) in [5, 5.41) is 2.77. The van der Waals surface area contributed by atoms with E-state index in [1.165, 1.54) is 0 Å². The Morgan fingerprint density at radius 2 is 1.36 bits per heavy atom. The summed E-state index contributed by atoms with van der Waals surface area (Å²) < 4.78 is 5.30. The van der Waals surface area contributed by atoms with Crippen LogP contribution in [0.1, 0.15) is 31.1 Å². The van der Waals surface area contributed by atoms with Gasteiger partial charge in [-0.05, 0) is 55.2 Å². The van der Waals surface area contributed by atoms with Gasteiger partial charge < -0.3 is 4.74 Å². The molecule has 0 spiro atoms. The number of amides is 1. The van der Waals surface area contributed by atoms with Crippen molar-refractivity contribution in [1.82, 2.24) is 0 Å². The Bertz CT molecular complexity index is 968. The molecule has 3 rings (SSSR count). The van der Waals surface area contributed by atoms with E-state index in [0.717, 1.165) is 28.5 Å². The molecule has 0 saturated carbocycles. The largest absolute Gasteiger partial charge is 0.444 e. The monoisotopic (exact) mass is 373 g/mol. The number of aldehydes is 1. The highest BCUT2D eigenvalue weighted by molar-refractivity contribution is 5.86. The van der Waals surface area contributed by atoms with Crippen LogP contribution in [0.3, 0.4) is 0 Å². The van der Waals surface area contributed by atoms with E-state index in [4.69, 9.17) is 4.74 Å². The average Bonchev–Trinajstić information content (AvgIpc) is 2.67. The van der Waals surface area contributed by atoms with Crippen molar-refractivity contribution in [2.75, 3.05) is 5.32 Å². The van der Waals surface area contributed by atoms with Gasteiger partial charge in [0, 0.05) is 11.3 Å². The Balaban J connectivity index is 1.76. The van der Waals surface area contributed by atoms with Crippen LogP contribution in [-0.4, -0.2) is 18.0 Å². The maximum atomic E-state index is 12.0. The number of hydrogen-bond donors (Lipinski definition) is 1. The summed E-state index contributed by atoms with van der Waals surface area (Å²) in [5.41, 5.74) is 4.97. The first kappa shape index (κ1) is 19.4. The molecule has 0 unspecified atom stereocenters. The topological polar surface area (TPSA) is 55.4 Å². The second-order valence-electron chi connectivity index (χ2n) is 7.52. The molecule has 1 amide bonds. The Labute approximate surface area is 165 Å². The Morgan fingerprint density at radius 3 is 1.89 bits per heavy atom. The maximum absolute atomic E-state index is 12.0. The molecule has 0 aromatic heterocycles. The standard InChI is InChI=1S/C24H23NO3/c1-24(2,3)28-23(27)25-22-6-4-5-21(15-22)20-13-11-19(12-14-20)18-9-7-17(16-26)8-10-18/h4-16H,1-3H3,(H,25,27). The third-order valence-corrected chi connectivity index (χ3v) is 4.11. The first-order valence-corrected chi connectivity index (χ1v) is 9.10. The zero-order chi connectivity index (χ0) is 20.1. The van der Waals surface area contributed by atoms with Gasteiger partial charge in [-0.15, -0.1) is 0 Å². The molecule has 0 aliphatic carbocycles. The number of nitrogens with one attached hydrogen (secondary N) is 1. The highest BCUT2D eigenvalue weighted by Crippen LogP contribution is 2.27. The van der Waals surface area contributed by atoms with Gasteiger partial charge in [0.15, 0.2) is 0 Å². The minimum absolute atomic E-state index is 0.473. The maximum Gasteiger partial charge on any atom is 0.412 e. The molecule has 1 N–H and O–H groups in total. The van der Waals surface area contributed by atoms with Gasteiger partial charge in [0.05, 0.1) is 0 Å². The van der Waals surface area contributed by atoms with Crippen molar-refractivity contribution < 1.29 is 14.3 Å². The zero-order valence-electron chi connectivity index (χ0n) is 16.2. The molecule has 0 heterocycles. The van der Waals surface area contributed by atoms with Gasteiger partial charge in [0.2, 0.25) is 0 Å². The van der Waals surface area contributed by atoms with Gasteiger partial charge in [-0.1, -0.05) is 60.7 Å². The van der Waals surface area contributed by atoms with Crippen LogP contribution in [0, 0.1) is 0 Å². The van der Waals surface area contributed by atoms with E-state index in [9.17, 15) is 9.59 Å². The quantitative estimate of drug-likeness (QED) is 0.556. The molecule has 0 saturated heterocycles. The predicted molar refractivity (Wildman–Crippen MR) is 113 cm³/mol. The number of benzene rings is 3. The van der Waals surface area contributed by atoms with Crippen molar-refractivity contribution in [1.29, 1.82) is 0 Å². The lowest BCUT2D eigenvalue weighted by atomic mass is 9.99. The minimum atomic E-state index is -0.540. The molecular weight excluding hydrogens is 350 g/mol. The summed E-state index contributed by atoms with van der Waals surface area (Å²) >= 11 is 0. The molecule has 3 aromatic rings. The van der Waals surface area contributed by atoms with Crippen LogP contribution in [-0.2, 0) is 4.74 Å². The second-order valence-corrected chi connectivity index (χ2v) is 7.52. The summed E-state index contributed by atoms with van der Waals surface area (Å²) in [6.45, 7) is 5.49. The van der Waals surface area contributed by atoms with E-state index in [1.807, 2.05) is 93.6 Å². The van der Waals surface area contributed by atoms with Crippen LogP contribution in [0.4, 0.5) is 10.5 Å². The van der Waals surface area contributed by atoms with E-state index in [-0.39, 0.29) is 0 Å². The lowest BCUT2D eigenvalue weighted by Crippen LogP contribution is -2.27. The fourth-order valence-corrected chi connectivity index (χ4v) is 2.81. The normalized spacial score (nSPS) is 11.0. The minimum Gasteiger partial charge on any atom is -0.444 e. The van der Waals surface area contributed by atoms with Gasteiger partial charge >= 0.3 is 6.09 Å². The Kier molecular flexibility index (Phi) is 5.59. The number of ether oxygens (including phenoxy) is 1. The van der Waals surface area contributed by atoms with Crippen LogP contribution >= 0.6 is 0 Å². The summed E-state index contributed by atoms with van der Waals surface area (Å²) in [6.07, 6.45) is 0.365. The van der Waals surface area contributed by atoms with Gasteiger partial charge in [-0.3, -0.25) is 10.1 Å². The average molecular weight is 373 g/mol. The molecule has 0 bridgehead atoms. The molecular formula is C24H23NO3. The zero-order valence-corrected chi connectivity index (χ0v) is 16.2. The summed E-state index contributed by atoms with van der Waals surface area (Å²) in [6, 6.07) is 23.3. The van der Waals surface area contributed by atoms with Gasteiger partial charge in [-0.2, -0.15) is 0 Å². The molecule has 3 aromatic carbocycles. The van der Waals surface area contributed by atoms with Gasteiger partial charge in [-0.25, -0.2) is 4.79 Å². The van der Waals surface area contributed by atoms with Gasteiger partial charge in [0.1, 0.15) is 11.9 Å². The smallest absolute Gasteiger partial charge is 0.412 e. The first-order chi connectivity index (χ1) is 13.3. The molecule has 142 valence electrons. The molecule has 0 radical (unpaired) electrons. The molecule has 0 fully saturated rings. The first-order valence-electron chi connectivity index (χ1n) is 9.10. The van der Waals surface area contributed by atoms with E-state index in [1.54, 1.807) is 0 Å². The van der Waals surface area contributed by atoms with E-state index < -0.39 is 11.7 Å². The molecule has 4 heteroatoms. The van der Waals surface area contributed by atoms with E-state index in [0.29, 0.717) is 11.3 Å². The van der Waals surface area contributed by atoms with E-state index >= 15 is 0 Å². The second kappa shape index (κ2) is 8.09. The third kappa shape index (κ3) is 5.07. The van der Waals surface area contributed by atoms with Crippen molar-refractivity contribution >= 4 is 18.1 Å². The Hall–Kier alpha value is -3.40. The van der Waals surface area contributed by atoms with Crippen LogP contribution in [0.5, 0.6) is 0 Å². The fraction of sp³-hybridized carbons (Fsp3) is 0.167. The third-order valence-electron chi connectivity index (χ3n) is 4.11. The van der Waals surface area contributed by atoms with Crippen molar-refractivity contribution in [3.8, 4) is 22.3 Å². The fourth-order valence-electron chi connectivity index (χ4n) is 2.81. The van der Waals surface area contributed by atoms with Crippen LogP contribution in [0.15, 0.2) is 72.8 Å². The lowest BCUT2D eigenvalue weighted by molar-refractivity contribution is 0.0636. The SMILES string of the molecule is CC(C)(C)OC(=O)Nc1cccc(-c2ccc(-c3ccc(C=O)cc3)cc2)c1. The summed E-state index contributed by atoms with van der Waals surface area (Å²) in [7, 11) is 0. The lowest BCUT2D eigenvalue weighted by Gasteiger charge is -2.19. The van der Waals surface area contributed by atoms with Crippen molar-refractivity contribution in [2.45, 2.75) is 26.4 Å². The summed E-state index contributed by atoms with van der Waals surface area (Å²) in [4.78, 5) is 22.8. The molecule has 4 nitrogen and oxygen atoms in total. The molecule has 0 atom stereocenters. The summed E-state index contributed by atoms with van der Waals surface area (Å²) in [5.74, 6) is 0. The molecule has 0 aliphatic rings. The predicted octanol–water partition coefficient (Wildman–Crippen LogP) is 6.18. The van der Waals surface area contributed by atoms with Crippen molar-refractivity contribution in [2.24, 2.45) is 0 Å². The number of carbonyl (C=O) groups excluding carboxylic acids is 2. The van der Waals surface area contributed by atoms with Gasteiger partial charge in [0.25, 0.3) is 0 Å². The number of carbonyl (C=O) groups is 2. The highest BCUT2D eigenvalue weighted by Gasteiger charge is 2.16. The number of rotatable bonds is 4. The van der Waals surface area contributed by atoms with E-state index in [2.05, 4.69) is 5.32 Å².